The average Bonchev–Trinajstić information content (AvgIpc) is 2.84. The van der Waals surface area contributed by atoms with Crippen LogP contribution in [0.2, 0.25) is 0 Å². The number of carbonyl (C=O) groups excluding carboxylic acids is 1. The van der Waals surface area contributed by atoms with Crippen molar-refractivity contribution in [2.24, 2.45) is 0 Å². The molecule has 2 rings (SSSR count). The van der Waals surface area contributed by atoms with Crippen LogP contribution in [-0.4, -0.2) is 35.2 Å². The molecule has 5 heteroatoms. The SMILES string of the molecule is O=C(O)CNC(=O)CO.c1ccc2c(c1)CCC2. The van der Waals surface area contributed by atoms with Gasteiger partial charge in [-0.2, -0.15) is 0 Å². The van der Waals surface area contributed by atoms with Crippen molar-refractivity contribution in [1.82, 2.24) is 5.32 Å². The molecule has 1 aliphatic rings. The number of aliphatic hydroxyl groups is 1. The molecule has 0 fully saturated rings. The highest BCUT2D eigenvalue weighted by Gasteiger charge is 2.07. The van der Waals surface area contributed by atoms with E-state index in [0.29, 0.717) is 0 Å². The first-order valence-corrected chi connectivity index (χ1v) is 5.79. The van der Waals surface area contributed by atoms with E-state index in [-0.39, 0.29) is 0 Å². The summed E-state index contributed by atoms with van der Waals surface area (Å²) in [7, 11) is 0. The molecule has 1 aromatic rings. The van der Waals surface area contributed by atoms with Crippen LogP contribution in [-0.2, 0) is 22.4 Å². The molecular weight excluding hydrogens is 234 g/mol. The van der Waals surface area contributed by atoms with Crippen LogP contribution >= 0.6 is 0 Å². The first-order chi connectivity index (χ1) is 8.63. The van der Waals surface area contributed by atoms with Crippen LogP contribution < -0.4 is 5.32 Å². The largest absolute Gasteiger partial charge is 0.480 e. The third-order valence-corrected chi connectivity index (χ3v) is 2.59. The monoisotopic (exact) mass is 251 g/mol. The van der Waals surface area contributed by atoms with E-state index >= 15 is 0 Å². The van der Waals surface area contributed by atoms with Crippen molar-refractivity contribution in [2.45, 2.75) is 19.3 Å². The molecule has 0 unspecified atom stereocenters. The number of amides is 1. The second-order valence-corrected chi connectivity index (χ2v) is 3.95. The van der Waals surface area contributed by atoms with E-state index in [4.69, 9.17) is 10.2 Å². The normalized spacial score (nSPS) is 12.1. The molecule has 0 bridgehead atoms. The van der Waals surface area contributed by atoms with Gasteiger partial charge in [-0.05, 0) is 30.4 Å². The molecule has 0 saturated carbocycles. The highest BCUT2D eigenvalue weighted by molar-refractivity contribution is 5.81. The minimum Gasteiger partial charge on any atom is -0.480 e. The van der Waals surface area contributed by atoms with Gasteiger partial charge in [0.2, 0.25) is 5.91 Å². The zero-order valence-electron chi connectivity index (χ0n) is 10.1. The predicted octanol–water partition coefficient (Wildman–Crippen LogP) is 0.355. The number of aliphatic hydroxyl groups excluding tert-OH is 1. The Morgan fingerprint density at radius 2 is 1.72 bits per heavy atom. The van der Waals surface area contributed by atoms with E-state index in [1.165, 1.54) is 19.3 Å². The lowest BCUT2D eigenvalue weighted by Crippen LogP contribution is -2.31. The van der Waals surface area contributed by atoms with Gasteiger partial charge in [-0.25, -0.2) is 0 Å². The van der Waals surface area contributed by atoms with Gasteiger partial charge >= 0.3 is 5.97 Å². The van der Waals surface area contributed by atoms with Gasteiger partial charge in [0.1, 0.15) is 13.2 Å². The van der Waals surface area contributed by atoms with E-state index in [1.807, 2.05) is 5.32 Å². The second kappa shape index (κ2) is 7.45. The van der Waals surface area contributed by atoms with E-state index in [1.54, 1.807) is 11.1 Å². The van der Waals surface area contributed by atoms with Crippen molar-refractivity contribution < 1.29 is 19.8 Å². The number of carboxylic acid groups (broad SMARTS) is 1. The molecule has 3 N–H and O–H groups in total. The number of carboxylic acids is 1. The summed E-state index contributed by atoms with van der Waals surface area (Å²) >= 11 is 0. The fourth-order valence-electron chi connectivity index (χ4n) is 1.74. The summed E-state index contributed by atoms with van der Waals surface area (Å²) in [5.41, 5.74) is 3.13. The molecule has 1 aromatic carbocycles. The summed E-state index contributed by atoms with van der Waals surface area (Å²) in [5.74, 6) is -1.81. The average molecular weight is 251 g/mol. The molecule has 1 amide bonds. The molecule has 0 heterocycles. The number of aliphatic carboxylic acids is 1. The number of carbonyl (C=O) groups is 2. The Balaban J connectivity index is 0.000000180. The van der Waals surface area contributed by atoms with Gasteiger partial charge in [0.05, 0.1) is 0 Å². The van der Waals surface area contributed by atoms with E-state index in [2.05, 4.69) is 24.3 Å². The van der Waals surface area contributed by atoms with Crippen molar-refractivity contribution in [3.05, 3.63) is 35.4 Å². The standard InChI is InChI=1S/C9H10.C4H7NO4/c1-2-5-9-7-3-6-8(9)4-1;6-2-3(7)5-1-4(8)9/h1-2,4-5H,3,6-7H2;6H,1-2H2,(H,5,7)(H,8,9). The molecule has 5 nitrogen and oxygen atoms in total. The quantitative estimate of drug-likeness (QED) is 0.723. The Morgan fingerprint density at radius 1 is 1.17 bits per heavy atom. The van der Waals surface area contributed by atoms with Gasteiger partial charge in [-0.1, -0.05) is 24.3 Å². The molecule has 0 aliphatic heterocycles. The summed E-state index contributed by atoms with van der Waals surface area (Å²) in [6, 6.07) is 8.74. The van der Waals surface area contributed by atoms with Crippen LogP contribution in [0.25, 0.3) is 0 Å². The summed E-state index contributed by atoms with van der Waals surface area (Å²) in [4.78, 5) is 19.8. The molecule has 0 saturated heterocycles. The number of hydrogen-bond acceptors (Lipinski definition) is 3. The Labute approximate surface area is 105 Å². The molecule has 98 valence electrons. The van der Waals surface area contributed by atoms with Crippen LogP contribution in [0.4, 0.5) is 0 Å². The third-order valence-electron chi connectivity index (χ3n) is 2.59. The second-order valence-electron chi connectivity index (χ2n) is 3.95. The Morgan fingerprint density at radius 3 is 2.17 bits per heavy atom. The number of fused-ring (bicyclic) bond motifs is 1. The lowest BCUT2D eigenvalue weighted by molar-refractivity contribution is -0.138. The topological polar surface area (TPSA) is 86.6 Å². The van der Waals surface area contributed by atoms with Crippen molar-refractivity contribution in [1.29, 1.82) is 0 Å². The lowest BCUT2D eigenvalue weighted by Gasteiger charge is -1.95. The van der Waals surface area contributed by atoms with Gasteiger partial charge in [-0.3, -0.25) is 9.59 Å². The number of benzene rings is 1. The highest BCUT2D eigenvalue weighted by Crippen LogP contribution is 2.20. The summed E-state index contributed by atoms with van der Waals surface area (Å²) in [5, 5.41) is 17.9. The smallest absolute Gasteiger partial charge is 0.322 e. The summed E-state index contributed by atoms with van der Waals surface area (Å²) in [6.45, 7) is -1.12. The molecule has 0 atom stereocenters. The van der Waals surface area contributed by atoms with Crippen molar-refractivity contribution >= 4 is 11.9 Å². The van der Waals surface area contributed by atoms with Gasteiger partial charge in [0.15, 0.2) is 0 Å². The van der Waals surface area contributed by atoms with Crippen LogP contribution in [0, 0.1) is 0 Å². The van der Waals surface area contributed by atoms with Crippen LogP contribution in [0.1, 0.15) is 17.5 Å². The van der Waals surface area contributed by atoms with E-state index in [9.17, 15) is 9.59 Å². The minimum absolute atomic E-state index is 0.445. The molecular formula is C13H17NO4. The third kappa shape index (κ3) is 4.97. The first kappa shape index (κ1) is 14.2. The molecule has 0 spiro atoms. The van der Waals surface area contributed by atoms with Crippen molar-refractivity contribution in [3.8, 4) is 0 Å². The number of rotatable bonds is 3. The minimum atomic E-state index is -1.13. The molecule has 1 aliphatic carbocycles. The summed E-state index contributed by atoms with van der Waals surface area (Å²) in [6.07, 6.45) is 3.96. The maximum absolute atomic E-state index is 10.1. The fraction of sp³-hybridized carbons (Fsp3) is 0.385. The Bertz CT molecular complexity index is 394. The number of aryl methyl sites for hydroxylation is 2. The zero-order valence-corrected chi connectivity index (χ0v) is 10.1. The zero-order chi connectivity index (χ0) is 13.4. The predicted molar refractivity (Wildman–Crippen MR) is 66.2 cm³/mol. The molecule has 0 aromatic heterocycles. The van der Waals surface area contributed by atoms with E-state index < -0.39 is 25.0 Å². The van der Waals surface area contributed by atoms with Crippen LogP contribution in [0.15, 0.2) is 24.3 Å². The maximum Gasteiger partial charge on any atom is 0.322 e. The molecule has 0 radical (unpaired) electrons. The first-order valence-electron chi connectivity index (χ1n) is 5.79. The number of nitrogens with one attached hydrogen (secondary N) is 1. The van der Waals surface area contributed by atoms with Gasteiger partial charge in [0, 0.05) is 0 Å². The summed E-state index contributed by atoms with van der Waals surface area (Å²) < 4.78 is 0. The molecule has 18 heavy (non-hydrogen) atoms. The van der Waals surface area contributed by atoms with E-state index in [0.717, 1.165) is 0 Å². The van der Waals surface area contributed by atoms with Crippen molar-refractivity contribution in [3.63, 3.8) is 0 Å². The highest BCUT2D eigenvalue weighted by atomic mass is 16.4. The van der Waals surface area contributed by atoms with Crippen molar-refractivity contribution in [2.75, 3.05) is 13.2 Å². The fourth-order valence-corrected chi connectivity index (χ4v) is 1.74. The maximum atomic E-state index is 10.1. The van der Waals surface area contributed by atoms with Gasteiger partial charge in [0.25, 0.3) is 0 Å². The number of hydrogen-bond donors (Lipinski definition) is 3. The van der Waals surface area contributed by atoms with Gasteiger partial charge < -0.3 is 15.5 Å². The Hall–Kier alpha value is -1.88. The van der Waals surface area contributed by atoms with Crippen LogP contribution in [0.5, 0.6) is 0 Å². The Kier molecular flexibility index (Phi) is 5.87. The van der Waals surface area contributed by atoms with Gasteiger partial charge in [-0.15, -0.1) is 0 Å². The van der Waals surface area contributed by atoms with Crippen LogP contribution in [0.3, 0.4) is 0 Å². The lowest BCUT2D eigenvalue weighted by atomic mass is 10.1.